The Morgan fingerprint density at radius 2 is 2.21 bits per heavy atom. The Morgan fingerprint density at radius 3 is 2.79 bits per heavy atom. The van der Waals surface area contributed by atoms with Crippen LogP contribution >= 0.6 is 0 Å². The Balaban J connectivity index is 2.61. The lowest BCUT2D eigenvalue weighted by Gasteiger charge is -2.07. The fourth-order valence-corrected chi connectivity index (χ4v) is 1.03. The number of carbonyl (C=O) groups is 1. The molecule has 0 spiro atoms. The highest BCUT2D eigenvalue weighted by molar-refractivity contribution is 5.95. The molecule has 0 saturated heterocycles. The van der Waals surface area contributed by atoms with Crippen LogP contribution < -0.4 is 0 Å². The van der Waals surface area contributed by atoms with Gasteiger partial charge in [0.2, 0.25) is 0 Å². The molecule has 0 atom stereocenters. The third kappa shape index (κ3) is 3.22. The van der Waals surface area contributed by atoms with Crippen LogP contribution in [0.4, 0.5) is 4.39 Å². The van der Waals surface area contributed by atoms with Crippen LogP contribution in [0.1, 0.15) is 16.8 Å². The molecule has 1 rings (SSSR count). The number of pyridine rings is 1. The van der Waals surface area contributed by atoms with Crippen molar-refractivity contribution in [2.45, 2.75) is 6.42 Å². The van der Waals surface area contributed by atoms with Crippen molar-refractivity contribution < 1.29 is 9.18 Å². The Labute approximate surface area is 82.6 Å². The van der Waals surface area contributed by atoms with E-state index in [0.717, 1.165) is 6.20 Å². The Kier molecular flexibility index (Phi) is 3.71. The number of Topliss-reactive ketones (excluding diaryl/α,β-unsaturated/α-hetero) is 1. The van der Waals surface area contributed by atoms with Crippen molar-refractivity contribution in [2.24, 2.45) is 0 Å². The third-order valence-electron chi connectivity index (χ3n) is 1.81. The lowest BCUT2D eigenvalue weighted by atomic mass is 10.1. The predicted molar refractivity (Wildman–Crippen MR) is 51.7 cm³/mol. The van der Waals surface area contributed by atoms with Gasteiger partial charge in [0.05, 0.1) is 6.20 Å². The van der Waals surface area contributed by atoms with Crippen LogP contribution in [-0.2, 0) is 0 Å². The molecule has 0 aliphatic carbocycles. The van der Waals surface area contributed by atoms with Gasteiger partial charge in [-0.25, -0.2) is 4.39 Å². The summed E-state index contributed by atoms with van der Waals surface area (Å²) in [6.07, 6.45) is 2.86. The molecule has 0 aromatic carbocycles. The van der Waals surface area contributed by atoms with Crippen molar-refractivity contribution in [3.63, 3.8) is 0 Å². The number of halogens is 1. The summed E-state index contributed by atoms with van der Waals surface area (Å²) in [4.78, 5) is 17.0. The number of rotatable bonds is 4. The van der Waals surface area contributed by atoms with E-state index in [4.69, 9.17) is 0 Å². The second-order valence-corrected chi connectivity index (χ2v) is 3.37. The maximum atomic E-state index is 12.7. The summed E-state index contributed by atoms with van der Waals surface area (Å²) in [7, 11) is 3.77. The molecule has 0 amide bonds. The molecule has 0 radical (unpaired) electrons. The number of aromatic nitrogens is 1. The average molecular weight is 196 g/mol. The zero-order valence-corrected chi connectivity index (χ0v) is 8.33. The zero-order chi connectivity index (χ0) is 10.6. The maximum absolute atomic E-state index is 12.7. The quantitative estimate of drug-likeness (QED) is 0.681. The van der Waals surface area contributed by atoms with Gasteiger partial charge in [-0.3, -0.25) is 9.78 Å². The molecule has 0 aliphatic rings. The van der Waals surface area contributed by atoms with Gasteiger partial charge >= 0.3 is 0 Å². The van der Waals surface area contributed by atoms with E-state index in [9.17, 15) is 9.18 Å². The lowest BCUT2D eigenvalue weighted by molar-refractivity contribution is 0.0971. The smallest absolute Gasteiger partial charge is 0.165 e. The molecular weight excluding hydrogens is 183 g/mol. The molecule has 0 saturated carbocycles. The number of ketones is 1. The molecule has 0 aliphatic heterocycles. The topological polar surface area (TPSA) is 33.2 Å². The van der Waals surface area contributed by atoms with Gasteiger partial charge in [0.1, 0.15) is 5.82 Å². The Bertz CT molecular complexity index is 326. The first-order valence-corrected chi connectivity index (χ1v) is 4.38. The van der Waals surface area contributed by atoms with Gasteiger partial charge in [0.25, 0.3) is 0 Å². The largest absolute Gasteiger partial charge is 0.309 e. The minimum Gasteiger partial charge on any atom is -0.309 e. The van der Waals surface area contributed by atoms with Crippen molar-refractivity contribution in [3.05, 3.63) is 29.8 Å². The van der Waals surface area contributed by atoms with E-state index in [-0.39, 0.29) is 5.78 Å². The van der Waals surface area contributed by atoms with Crippen molar-refractivity contribution in [2.75, 3.05) is 20.6 Å². The Hall–Kier alpha value is -1.29. The van der Waals surface area contributed by atoms with Gasteiger partial charge in [-0.2, -0.15) is 0 Å². The summed E-state index contributed by atoms with van der Waals surface area (Å²) in [5.41, 5.74) is 0.340. The fourth-order valence-electron chi connectivity index (χ4n) is 1.03. The number of carbonyl (C=O) groups excluding carboxylic acids is 1. The van der Waals surface area contributed by atoms with Crippen LogP contribution in [-0.4, -0.2) is 36.3 Å². The minimum absolute atomic E-state index is 0.0781. The van der Waals surface area contributed by atoms with Gasteiger partial charge < -0.3 is 4.90 Å². The van der Waals surface area contributed by atoms with E-state index in [1.807, 2.05) is 19.0 Å². The maximum Gasteiger partial charge on any atom is 0.165 e. The van der Waals surface area contributed by atoms with Crippen LogP contribution in [0.15, 0.2) is 18.5 Å². The summed E-state index contributed by atoms with van der Waals surface area (Å²) in [6, 6.07) is 1.21. The summed E-state index contributed by atoms with van der Waals surface area (Å²) in [5, 5.41) is 0. The molecule has 0 fully saturated rings. The van der Waals surface area contributed by atoms with Crippen LogP contribution in [0.5, 0.6) is 0 Å². The van der Waals surface area contributed by atoms with E-state index in [2.05, 4.69) is 4.98 Å². The van der Waals surface area contributed by atoms with Gasteiger partial charge in [0.15, 0.2) is 5.78 Å². The first kappa shape index (κ1) is 10.8. The molecule has 0 bridgehead atoms. The molecule has 1 aromatic rings. The molecule has 14 heavy (non-hydrogen) atoms. The van der Waals surface area contributed by atoms with Crippen LogP contribution in [0.3, 0.4) is 0 Å². The molecule has 76 valence electrons. The number of nitrogens with zero attached hydrogens (tertiary/aromatic N) is 2. The van der Waals surface area contributed by atoms with Crippen LogP contribution in [0.25, 0.3) is 0 Å². The second-order valence-electron chi connectivity index (χ2n) is 3.37. The normalized spacial score (nSPS) is 10.6. The molecule has 0 unspecified atom stereocenters. The second kappa shape index (κ2) is 4.81. The molecule has 0 N–H and O–H groups in total. The highest BCUT2D eigenvalue weighted by atomic mass is 19.1. The molecule has 1 aromatic heterocycles. The molecular formula is C10H13FN2O. The monoisotopic (exact) mass is 196 g/mol. The molecule has 4 heteroatoms. The lowest BCUT2D eigenvalue weighted by Crippen LogP contribution is -2.16. The van der Waals surface area contributed by atoms with Crippen molar-refractivity contribution in [1.82, 2.24) is 9.88 Å². The Morgan fingerprint density at radius 1 is 1.50 bits per heavy atom. The predicted octanol–water partition coefficient (Wildman–Crippen LogP) is 1.36. The van der Waals surface area contributed by atoms with E-state index in [0.29, 0.717) is 18.5 Å². The van der Waals surface area contributed by atoms with E-state index in [1.165, 1.54) is 12.3 Å². The third-order valence-corrected chi connectivity index (χ3v) is 1.81. The van der Waals surface area contributed by atoms with Crippen molar-refractivity contribution in [1.29, 1.82) is 0 Å². The van der Waals surface area contributed by atoms with E-state index < -0.39 is 5.82 Å². The number of hydrogen-bond donors (Lipinski definition) is 0. The fraction of sp³-hybridized carbons (Fsp3) is 0.400. The van der Waals surface area contributed by atoms with Crippen molar-refractivity contribution in [3.8, 4) is 0 Å². The summed E-state index contributed by atoms with van der Waals surface area (Å²) in [5.74, 6) is -0.550. The van der Waals surface area contributed by atoms with E-state index >= 15 is 0 Å². The van der Waals surface area contributed by atoms with E-state index in [1.54, 1.807) is 0 Å². The van der Waals surface area contributed by atoms with Crippen LogP contribution in [0.2, 0.25) is 0 Å². The first-order chi connectivity index (χ1) is 6.59. The highest BCUT2D eigenvalue weighted by Gasteiger charge is 2.07. The zero-order valence-electron chi connectivity index (χ0n) is 8.33. The van der Waals surface area contributed by atoms with Gasteiger partial charge in [-0.15, -0.1) is 0 Å². The minimum atomic E-state index is -0.472. The summed E-state index contributed by atoms with van der Waals surface area (Å²) >= 11 is 0. The first-order valence-electron chi connectivity index (χ1n) is 4.38. The number of hydrogen-bond acceptors (Lipinski definition) is 3. The molecule has 3 nitrogen and oxygen atoms in total. The molecule has 1 heterocycles. The SMILES string of the molecule is CN(C)CCC(=O)c1cncc(F)c1. The standard InChI is InChI=1S/C10H13FN2O/c1-13(2)4-3-10(14)8-5-9(11)7-12-6-8/h5-7H,3-4H2,1-2H3. The average Bonchev–Trinajstić information content (AvgIpc) is 2.14. The highest BCUT2D eigenvalue weighted by Crippen LogP contribution is 2.04. The van der Waals surface area contributed by atoms with Crippen LogP contribution in [0, 0.1) is 5.82 Å². The van der Waals surface area contributed by atoms with Gasteiger partial charge in [-0.1, -0.05) is 0 Å². The van der Waals surface area contributed by atoms with Crippen molar-refractivity contribution >= 4 is 5.78 Å². The van der Waals surface area contributed by atoms with Gasteiger partial charge in [0, 0.05) is 24.7 Å². The van der Waals surface area contributed by atoms with Gasteiger partial charge in [-0.05, 0) is 20.2 Å². The summed E-state index contributed by atoms with van der Waals surface area (Å²) in [6.45, 7) is 0.662. The summed E-state index contributed by atoms with van der Waals surface area (Å²) < 4.78 is 12.7.